The van der Waals surface area contributed by atoms with Crippen molar-refractivity contribution in [2.75, 3.05) is 17.5 Å². The molecule has 0 aliphatic heterocycles. The van der Waals surface area contributed by atoms with Crippen molar-refractivity contribution in [2.45, 2.75) is 18.7 Å². The number of hydrogen-bond acceptors (Lipinski definition) is 6. The van der Waals surface area contributed by atoms with Crippen LogP contribution < -0.4 is 14.5 Å². The Morgan fingerprint density at radius 2 is 1.76 bits per heavy atom. The first-order chi connectivity index (χ1) is 16.3. The van der Waals surface area contributed by atoms with Gasteiger partial charge in [-0.2, -0.15) is 10.4 Å². The highest BCUT2D eigenvalue weighted by molar-refractivity contribution is 7.92. The van der Waals surface area contributed by atoms with Crippen molar-refractivity contribution in [3.05, 3.63) is 89.5 Å². The van der Waals surface area contributed by atoms with Crippen LogP contribution in [0.5, 0.6) is 5.75 Å². The van der Waals surface area contributed by atoms with Gasteiger partial charge in [0, 0.05) is 0 Å². The van der Waals surface area contributed by atoms with E-state index in [0.717, 1.165) is 15.4 Å². The number of carbonyl (C=O) groups is 1. The topological polar surface area (TPSA) is 112 Å². The second-order valence-corrected chi connectivity index (χ2v) is 9.34. The minimum atomic E-state index is -3.99. The van der Waals surface area contributed by atoms with Gasteiger partial charge >= 0.3 is 0 Å². The van der Waals surface area contributed by atoms with E-state index >= 15 is 0 Å². The number of nitrogens with one attached hydrogen (secondary N) is 1. The van der Waals surface area contributed by atoms with Gasteiger partial charge in [0.05, 0.1) is 16.8 Å². The smallest absolute Gasteiger partial charge is 0.264 e. The Labute approximate surface area is 199 Å². The zero-order valence-electron chi connectivity index (χ0n) is 18.8. The fourth-order valence-corrected chi connectivity index (χ4v) is 4.46. The number of carbonyl (C=O) groups excluding carboxylic acids is 1. The van der Waals surface area contributed by atoms with E-state index in [4.69, 9.17) is 10.00 Å². The highest BCUT2D eigenvalue weighted by atomic mass is 32.2. The number of rotatable bonds is 9. The first kappa shape index (κ1) is 24.5. The van der Waals surface area contributed by atoms with E-state index in [-0.39, 0.29) is 11.5 Å². The first-order valence-electron chi connectivity index (χ1n) is 10.4. The first-order valence-corrected chi connectivity index (χ1v) is 11.8. The molecule has 34 heavy (non-hydrogen) atoms. The summed E-state index contributed by atoms with van der Waals surface area (Å²) in [5, 5.41) is 12.5. The van der Waals surface area contributed by atoms with E-state index in [1.807, 2.05) is 26.0 Å². The van der Waals surface area contributed by atoms with Gasteiger partial charge in [-0.1, -0.05) is 29.8 Å². The molecule has 1 N–H and O–H groups in total. The Balaban J connectivity index is 1.76. The van der Waals surface area contributed by atoms with Crippen molar-refractivity contribution in [2.24, 2.45) is 5.10 Å². The molecule has 174 valence electrons. The molecule has 3 aromatic rings. The van der Waals surface area contributed by atoms with E-state index < -0.39 is 22.5 Å². The number of hydrogen-bond donors (Lipinski definition) is 1. The second kappa shape index (κ2) is 11.1. The number of sulfonamides is 1. The van der Waals surface area contributed by atoms with Crippen LogP contribution in [0, 0.1) is 25.2 Å². The van der Waals surface area contributed by atoms with Gasteiger partial charge in [-0.3, -0.25) is 9.10 Å². The Morgan fingerprint density at radius 1 is 1.06 bits per heavy atom. The number of hydrazone groups is 1. The summed E-state index contributed by atoms with van der Waals surface area (Å²) >= 11 is 0. The lowest BCUT2D eigenvalue weighted by molar-refractivity contribution is -0.119. The zero-order chi connectivity index (χ0) is 24.6. The minimum absolute atomic E-state index is 0.0492. The van der Waals surface area contributed by atoms with E-state index in [1.165, 1.54) is 18.3 Å². The predicted molar refractivity (Wildman–Crippen MR) is 130 cm³/mol. The molecule has 3 aromatic carbocycles. The van der Waals surface area contributed by atoms with Gasteiger partial charge in [-0.25, -0.2) is 13.8 Å². The summed E-state index contributed by atoms with van der Waals surface area (Å²) in [5.41, 5.74) is 5.24. The number of aryl methyl sites for hydroxylation is 2. The molecule has 0 saturated heterocycles. The van der Waals surface area contributed by atoms with Gasteiger partial charge in [-0.15, -0.1) is 0 Å². The summed E-state index contributed by atoms with van der Waals surface area (Å²) in [5.74, 6) is -0.0553. The van der Waals surface area contributed by atoms with Gasteiger partial charge in [0.1, 0.15) is 18.4 Å². The Kier molecular flexibility index (Phi) is 8.01. The van der Waals surface area contributed by atoms with Crippen molar-refractivity contribution in [1.29, 1.82) is 5.26 Å². The molecule has 3 rings (SSSR count). The number of nitriles is 1. The number of nitrogens with zero attached hydrogens (tertiary/aromatic N) is 3. The predicted octanol–water partition coefficient (Wildman–Crippen LogP) is 3.55. The summed E-state index contributed by atoms with van der Waals surface area (Å²) in [7, 11) is -3.99. The quantitative estimate of drug-likeness (QED) is 0.375. The fraction of sp³-hybridized carbons (Fsp3) is 0.160. The summed E-state index contributed by atoms with van der Waals surface area (Å²) < 4.78 is 33.0. The number of benzene rings is 3. The van der Waals surface area contributed by atoms with E-state index in [0.29, 0.717) is 17.0 Å². The Hall–Kier alpha value is -4.16. The summed E-state index contributed by atoms with van der Waals surface area (Å²) in [4.78, 5) is 12.7. The van der Waals surface area contributed by atoms with Crippen molar-refractivity contribution in [1.82, 2.24) is 5.43 Å². The van der Waals surface area contributed by atoms with Crippen LogP contribution in [0.25, 0.3) is 0 Å². The van der Waals surface area contributed by atoms with Crippen LogP contribution in [0.4, 0.5) is 5.69 Å². The van der Waals surface area contributed by atoms with Crippen molar-refractivity contribution >= 4 is 27.8 Å². The molecule has 9 heteroatoms. The van der Waals surface area contributed by atoms with E-state index in [2.05, 4.69) is 10.5 Å². The van der Waals surface area contributed by atoms with Gasteiger partial charge < -0.3 is 4.74 Å². The van der Waals surface area contributed by atoms with Crippen LogP contribution in [0.1, 0.15) is 16.7 Å². The number of amides is 1. The lowest BCUT2D eigenvalue weighted by Crippen LogP contribution is -2.39. The van der Waals surface area contributed by atoms with Crippen LogP contribution in [0.2, 0.25) is 0 Å². The monoisotopic (exact) mass is 476 g/mol. The highest BCUT2D eigenvalue weighted by Crippen LogP contribution is 2.24. The van der Waals surface area contributed by atoms with Gasteiger partial charge in [-0.05, 0) is 73.5 Å². The average molecular weight is 477 g/mol. The molecule has 0 fully saturated rings. The molecule has 0 radical (unpaired) electrons. The third kappa shape index (κ3) is 6.43. The van der Waals surface area contributed by atoms with E-state index in [9.17, 15) is 13.2 Å². The molecule has 0 aliphatic carbocycles. The van der Waals surface area contributed by atoms with Crippen LogP contribution in [-0.2, 0) is 14.8 Å². The van der Waals surface area contributed by atoms with Crippen LogP contribution in [-0.4, -0.2) is 33.7 Å². The van der Waals surface area contributed by atoms with E-state index in [1.54, 1.807) is 54.6 Å². The number of ether oxygens (including phenoxy) is 1. The van der Waals surface area contributed by atoms with Gasteiger partial charge in [0.25, 0.3) is 15.9 Å². The Morgan fingerprint density at radius 3 is 2.41 bits per heavy atom. The molecule has 8 nitrogen and oxygen atoms in total. The third-order valence-electron chi connectivity index (χ3n) is 4.77. The fourth-order valence-electron chi connectivity index (χ4n) is 3.05. The number of anilines is 1. The molecule has 0 saturated carbocycles. The van der Waals surface area contributed by atoms with Crippen molar-refractivity contribution in [3.63, 3.8) is 0 Å². The molecule has 0 unspecified atom stereocenters. The van der Waals surface area contributed by atoms with Gasteiger partial charge in [0.2, 0.25) is 0 Å². The maximum Gasteiger partial charge on any atom is 0.264 e. The lowest BCUT2D eigenvalue weighted by Gasteiger charge is -2.24. The second-order valence-electron chi connectivity index (χ2n) is 7.47. The molecule has 0 spiro atoms. The largest absolute Gasteiger partial charge is 0.479 e. The molecule has 0 atom stereocenters. The maximum atomic E-state index is 13.4. The molecule has 0 bridgehead atoms. The SMILES string of the molecule is Cc1ccc(S(=O)(=O)N(CC(=O)NN=Cc2ccc(OCC#N)cc2)c2cccc(C)c2)cc1. The molecule has 0 aliphatic rings. The Bertz CT molecular complexity index is 1310. The molecule has 1 amide bonds. The summed E-state index contributed by atoms with van der Waals surface area (Å²) in [6.45, 7) is 3.22. The highest BCUT2D eigenvalue weighted by Gasteiger charge is 2.27. The van der Waals surface area contributed by atoms with Gasteiger partial charge in [0.15, 0.2) is 6.61 Å². The minimum Gasteiger partial charge on any atom is -0.479 e. The normalized spacial score (nSPS) is 11.1. The van der Waals surface area contributed by atoms with Crippen molar-refractivity contribution < 1.29 is 17.9 Å². The molecular weight excluding hydrogens is 452 g/mol. The third-order valence-corrected chi connectivity index (χ3v) is 6.56. The van der Waals surface area contributed by atoms with Crippen LogP contribution in [0.3, 0.4) is 0 Å². The molecule has 0 heterocycles. The summed E-state index contributed by atoms with van der Waals surface area (Å²) in [6, 6.07) is 22.1. The van der Waals surface area contributed by atoms with Crippen LogP contribution in [0.15, 0.2) is 82.8 Å². The van der Waals surface area contributed by atoms with Crippen molar-refractivity contribution in [3.8, 4) is 11.8 Å². The summed E-state index contributed by atoms with van der Waals surface area (Å²) in [6.07, 6.45) is 1.43. The zero-order valence-corrected chi connectivity index (χ0v) is 19.6. The maximum absolute atomic E-state index is 13.4. The molecular formula is C25H24N4O4S. The lowest BCUT2D eigenvalue weighted by atomic mass is 10.2. The average Bonchev–Trinajstić information content (AvgIpc) is 2.82. The van der Waals surface area contributed by atoms with Crippen LogP contribution >= 0.6 is 0 Å². The molecule has 0 aromatic heterocycles. The standard InChI is InChI=1S/C25H24N4O4S/c1-19-6-12-24(13-7-19)34(31,32)29(22-5-3-4-20(2)16-22)18-25(30)28-27-17-21-8-10-23(11-9-21)33-15-14-26/h3-13,16-17H,15,18H2,1-2H3,(H,28,30).